The molecule has 0 bridgehead atoms. The summed E-state index contributed by atoms with van der Waals surface area (Å²) in [5.41, 5.74) is 1.44. The van der Waals surface area contributed by atoms with Crippen LogP contribution in [0.5, 0.6) is 5.75 Å². The van der Waals surface area contributed by atoms with Crippen LogP contribution in [0.1, 0.15) is 28.7 Å². The zero-order chi connectivity index (χ0) is 17.4. The van der Waals surface area contributed by atoms with Crippen molar-refractivity contribution in [2.45, 2.75) is 20.0 Å². The number of aromatic amines is 1. The van der Waals surface area contributed by atoms with E-state index in [1.165, 1.54) is 6.07 Å². The predicted molar refractivity (Wildman–Crippen MR) is 91.4 cm³/mol. The van der Waals surface area contributed by atoms with Crippen LogP contribution in [0.25, 0.3) is 0 Å². The number of ether oxygens (including phenoxy) is 2. The molecule has 6 heteroatoms. The molecule has 0 aliphatic heterocycles. The first-order valence-corrected chi connectivity index (χ1v) is 7.85. The number of hydrogen-bond acceptors (Lipinski definition) is 4. The molecule has 0 fully saturated rings. The van der Waals surface area contributed by atoms with Crippen LogP contribution in [0.2, 0.25) is 0 Å². The fraction of sp³-hybridized carbons (Fsp3) is 0.333. The Bertz CT molecular complexity index is 726. The van der Waals surface area contributed by atoms with Gasteiger partial charge in [-0.05, 0) is 12.0 Å². The van der Waals surface area contributed by atoms with Crippen molar-refractivity contribution in [2.24, 2.45) is 0 Å². The van der Waals surface area contributed by atoms with Gasteiger partial charge in [0.25, 0.3) is 5.91 Å². The van der Waals surface area contributed by atoms with Gasteiger partial charge in [-0.3, -0.25) is 9.59 Å². The number of carbonyl (C=O) groups excluding carboxylic acids is 1. The molecule has 0 saturated heterocycles. The summed E-state index contributed by atoms with van der Waals surface area (Å²) in [5.74, 6) is -0.353. The quantitative estimate of drug-likeness (QED) is 0.724. The van der Waals surface area contributed by atoms with E-state index in [9.17, 15) is 9.59 Å². The minimum Gasteiger partial charge on any atom is -0.483 e. The number of aryl methyl sites for hydroxylation is 1. The first kappa shape index (κ1) is 17.7. The Morgan fingerprint density at radius 1 is 1.25 bits per heavy atom. The van der Waals surface area contributed by atoms with Crippen molar-refractivity contribution in [2.75, 3.05) is 20.3 Å². The number of amides is 1. The Morgan fingerprint density at radius 3 is 2.67 bits per heavy atom. The van der Waals surface area contributed by atoms with E-state index in [-0.39, 0.29) is 29.4 Å². The average molecular weight is 330 g/mol. The second-order valence-corrected chi connectivity index (χ2v) is 5.24. The highest BCUT2D eigenvalue weighted by Gasteiger charge is 2.17. The highest BCUT2D eigenvalue weighted by molar-refractivity contribution is 5.94. The second-order valence-electron chi connectivity index (χ2n) is 5.24. The molecule has 0 aliphatic carbocycles. The first-order valence-electron chi connectivity index (χ1n) is 7.85. The summed E-state index contributed by atoms with van der Waals surface area (Å²) in [6.07, 6.45) is 0.618. The fourth-order valence-corrected chi connectivity index (χ4v) is 2.18. The van der Waals surface area contributed by atoms with Crippen LogP contribution in [0.4, 0.5) is 0 Å². The Balaban J connectivity index is 2.24. The SMILES string of the molecule is CCc1cc(=O)c(OCc2ccccc2)c(C(=O)NCCOC)[nH]1. The zero-order valence-corrected chi connectivity index (χ0v) is 13.9. The number of rotatable bonds is 8. The maximum Gasteiger partial charge on any atom is 0.271 e. The van der Waals surface area contributed by atoms with Gasteiger partial charge in [0, 0.05) is 25.4 Å². The third kappa shape index (κ3) is 4.70. The van der Waals surface area contributed by atoms with Gasteiger partial charge in [-0.15, -0.1) is 0 Å². The average Bonchev–Trinajstić information content (AvgIpc) is 2.61. The van der Waals surface area contributed by atoms with E-state index >= 15 is 0 Å². The molecular weight excluding hydrogens is 308 g/mol. The summed E-state index contributed by atoms with van der Waals surface area (Å²) in [6, 6.07) is 10.9. The van der Waals surface area contributed by atoms with Gasteiger partial charge in [0.05, 0.1) is 6.61 Å². The largest absolute Gasteiger partial charge is 0.483 e. The number of aromatic nitrogens is 1. The van der Waals surface area contributed by atoms with E-state index in [1.54, 1.807) is 7.11 Å². The molecule has 0 spiro atoms. The summed E-state index contributed by atoms with van der Waals surface area (Å²) in [4.78, 5) is 27.7. The number of hydrogen-bond donors (Lipinski definition) is 2. The van der Waals surface area contributed by atoms with E-state index < -0.39 is 0 Å². The standard InChI is InChI=1S/C18H22N2O4/c1-3-14-11-15(21)17(24-12-13-7-5-4-6-8-13)16(20-14)18(22)19-9-10-23-2/h4-8,11H,3,9-10,12H2,1-2H3,(H,19,22)(H,20,21). The molecule has 24 heavy (non-hydrogen) atoms. The van der Waals surface area contributed by atoms with E-state index in [1.807, 2.05) is 37.3 Å². The van der Waals surface area contributed by atoms with Gasteiger partial charge in [-0.1, -0.05) is 37.3 Å². The lowest BCUT2D eigenvalue weighted by Gasteiger charge is -2.12. The van der Waals surface area contributed by atoms with Gasteiger partial charge in [0.1, 0.15) is 6.61 Å². The van der Waals surface area contributed by atoms with Crippen molar-refractivity contribution in [3.8, 4) is 5.75 Å². The van der Waals surface area contributed by atoms with E-state index in [2.05, 4.69) is 10.3 Å². The summed E-state index contributed by atoms with van der Waals surface area (Å²) in [6.45, 7) is 2.87. The van der Waals surface area contributed by atoms with Crippen LogP contribution in [0.15, 0.2) is 41.2 Å². The number of nitrogens with one attached hydrogen (secondary N) is 2. The van der Waals surface area contributed by atoms with E-state index in [0.717, 1.165) is 5.56 Å². The molecular formula is C18H22N2O4. The number of H-pyrrole nitrogens is 1. The van der Waals surface area contributed by atoms with Crippen LogP contribution >= 0.6 is 0 Å². The second kappa shape index (κ2) is 8.88. The zero-order valence-electron chi connectivity index (χ0n) is 13.9. The molecule has 0 atom stereocenters. The Hall–Kier alpha value is -2.60. The van der Waals surface area contributed by atoms with Gasteiger partial charge in [0.15, 0.2) is 11.4 Å². The normalized spacial score (nSPS) is 10.4. The van der Waals surface area contributed by atoms with E-state index in [0.29, 0.717) is 25.3 Å². The van der Waals surface area contributed by atoms with Crippen molar-refractivity contribution in [3.63, 3.8) is 0 Å². The highest BCUT2D eigenvalue weighted by atomic mass is 16.5. The van der Waals surface area contributed by atoms with Crippen molar-refractivity contribution < 1.29 is 14.3 Å². The smallest absolute Gasteiger partial charge is 0.271 e. The van der Waals surface area contributed by atoms with Crippen LogP contribution in [0, 0.1) is 0 Å². The van der Waals surface area contributed by atoms with Crippen molar-refractivity contribution in [1.82, 2.24) is 10.3 Å². The predicted octanol–water partition coefficient (Wildman–Crippen LogP) is 1.89. The number of methoxy groups -OCH3 is 1. The monoisotopic (exact) mass is 330 g/mol. The lowest BCUT2D eigenvalue weighted by molar-refractivity contribution is 0.0926. The molecule has 2 rings (SSSR count). The number of pyridine rings is 1. The van der Waals surface area contributed by atoms with Crippen LogP contribution in [-0.2, 0) is 17.8 Å². The summed E-state index contributed by atoms with van der Waals surface area (Å²) >= 11 is 0. The Morgan fingerprint density at radius 2 is 2.00 bits per heavy atom. The maximum atomic E-state index is 12.4. The minimum absolute atomic E-state index is 0.0333. The van der Waals surface area contributed by atoms with Crippen LogP contribution < -0.4 is 15.5 Å². The summed E-state index contributed by atoms with van der Waals surface area (Å²) in [5, 5.41) is 2.70. The molecule has 0 radical (unpaired) electrons. The molecule has 2 aromatic rings. The topological polar surface area (TPSA) is 80.4 Å². The fourth-order valence-electron chi connectivity index (χ4n) is 2.18. The number of benzene rings is 1. The van der Waals surface area contributed by atoms with Gasteiger partial charge >= 0.3 is 0 Å². The molecule has 1 amide bonds. The lowest BCUT2D eigenvalue weighted by Crippen LogP contribution is -2.30. The van der Waals surface area contributed by atoms with Crippen molar-refractivity contribution in [3.05, 3.63) is 63.6 Å². The molecule has 1 aromatic carbocycles. The third-order valence-corrected chi connectivity index (χ3v) is 3.47. The van der Waals surface area contributed by atoms with Crippen molar-refractivity contribution in [1.29, 1.82) is 0 Å². The first-order chi connectivity index (χ1) is 11.7. The van der Waals surface area contributed by atoms with Gasteiger partial charge < -0.3 is 19.8 Å². The molecule has 1 aromatic heterocycles. The number of carbonyl (C=O) groups is 1. The summed E-state index contributed by atoms with van der Waals surface area (Å²) in [7, 11) is 1.56. The van der Waals surface area contributed by atoms with Gasteiger partial charge in [-0.2, -0.15) is 0 Å². The van der Waals surface area contributed by atoms with Crippen LogP contribution in [-0.4, -0.2) is 31.2 Å². The molecule has 128 valence electrons. The molecule has 0 aliphatic rings. The van der Waals surface area contributed by atoms with Gasteiger partial charge in [-0.25, -0.2) is 0 Å². The minimum atomic E-state index is -0.387. The van der Waals surface area contributed by atoms with Crippen molar-refractivity contribution >= 4 is 5.91 Å². The Labute approximate surface area is 140 Å². The maximum absolute atomic E-state index is 12.4. The highest BCUT2D eigenvalue weighted by Crippen LogP contribution is 2.14. The molecule has 0 saturated carbocycles. The lowest BCUT2D eigenvalue weighted by atomic mass is 10.2. The molecule has 0 unspecified atom stereocenters. The third-order valence-electron chi connectivity index (χ3n) is 3.47. The van der Waals surface area contributed by atoms with Gasteiger partial charge in [0.2, 0.25) is 5.43 Å². The Kier molecular flexibility index (Phi) is 6.57. The molecule has 1 heterocycles. The summed E-state index contributed by atoms with van der Waals surface area (Å²) < 4.78 is 10.6. The molecule has 2 N–H and O–H groups in total. The molecule has 6 nitrogen and oxygen atoms in total. The van der Waals surface area contributed by atoms with E-state index in [4.69, 9.17) is 9.47 Å². The van der Waals surface area contributed by atoms with Crippen LogP contribution in [0.3, 0.4) is 0 Å².